The number of hydrogen-bond acceptors (Lipinski definition) is 6. The summed E-state index contributed by atoms with van der Waals surface area (Å²) in [6.45, 7) is 4.97. The largest absolute Gasteiger partial charge is 0.466 e. The number of unbranched alkanes of at least 4 members (excludes halogenated alkanes) is 1. The Balaban J connectivity index is 2.33. The predicted octanol–water partition coefficient (Wildman–Crippen LogP) is 0.829. The minimum absolute atomic E-state index is 0.147. The lowest BCUT2D eigenvalue weighted by atomic mass is 10.2. The molecule has 0 aromatic carbocycles. The maximum Gasteiger partial charge on any atom is 0.305 e. The molecule has 0 spiro atoms. The van der Waals surface area contributed by atoms with Gasteiger partial charge in [0.1, 0.15) is 0 Å². The molecule has 0 aliphatic carbocycles. The zero-order valence-electron chi connectivity index (χ0n) is 13.8. The van der Waals surface area contributed by atoms with Crippen molar-refractivity contribution < 1.29 is 14.6 Å². The van der Waals surface area contributed by atoms with Gasteiger partial charge in [-0.3, -0.25) is 14.4 Å². The minimum Gasteiger partial charge on any atom is -0.466 e. The highest BCUT2D eigenvalue weighted by molar-refractivity contribution is 5.69. The first-order valence-corrected chi connectivity index (χ1v) is 8.00. The SMILES string of the molecule is C#CCN(CCCO)Cc1cn(CCCCC(=O)OCC)nn1. The zero-order valence-corrected chi connectivity index (χ0v) is 13.8. The second-order valence-electron chi connectivity index (χ2n) is 5.23. The third kappa shape index (κ3) is 8.33. The van der Waals surface area contributed by atoms with E-state index in [1.165, 1.54) is 0 Å². The molecule has 0 bridgehead atoms. The summed E-state index contributed by atoms with van der Waals surface area (Å²) < 4.78 is 6.66. The molecule has 128 valence electrons. The molecule has 1 rings (SSSR count). The number of terminal acetylenes is 1. The molecule has 0 unspecified atom stereocenters. The molecule has 0 aliphatic heterocycles. The van der Waals surface area contributed by atoms with Crippen LogP contribution in [-0.4, -0.2) is 57.3 Å². The van der Waals surface area contributed by atoms with E-state index in [4.69, 9.17) is 16.3 Å². The van der Waals surface area contributed by atoms with Gasteiger partial charge in [-0.15, -0.1) is 11.5 Å². The van der Waals surface area contributed by atoms with Crippen LogP contribution in [0.25, 0.3) is 0 Å². The van der Waals surface area contributed by atoms with Gasteiger partial charge in [0.2, 0.25) is 0 Å². The van der Waals surface area contributed by atoms with Crippen LogP contribution in [0.1, 0.15) is 38.3 Å². The molecule has 0 amide bonds. The molecule has 0 radical (unpaired) electrons. The first kappa shape index (κ1) is 19.1. The first-order valence-electron chi connectivity index (χ1n) is 8.00. The summed E-state index contributed by atoms with van der Waals surface area (Å²) in [6, 6.07) is 0. The topological polar surface area (TPSA) is 80.5 Å². The van der Waals surface area contributed by atoms with Crippen LogP contribution in [-0.2, 0) is 22.6 Å². The summed E-state index contributed by atoms with van der Waals surface area (Å²) >= 11 is 0. The van der Waals surface area contributed by atoms with Crippen LogP contribution in [0.4, 0.5) is 0 Å². The maximum atomic E-state index is 11.2. The first-order chi connectivity index (χ1) is 11.2. The Morgan fingerprint density at radius 1 is 1.48 bits per heavy atom. The lowest BCUT2D eigenvalue weighted by Gasteiger charge is -2.17. The van der Waals surface area contributed by atoms with Gasteiger partial charge in [-0.1, -0.05) is 11.1 Å². The van der Waals surface area contributed by atoms with Crippen LogP contribution >= 0.6 is 0 Å². The number of hydrogen-bond donors (Lipinski definition) is 1. The van der Waals surface area contributed by atoms with E-state index in [1.807, 2.05) is 11.1 Å². The molecule has 0 fully saturated rings. The van der Waals surface area contributed by atoms with Gasteiger partial charge in [-0.2, -0.15) is 0 Å². The number of aryl methyl sites for hydroxylation is 1. The predicted molar refractivity (Wildman–Crippen MR) is 86.3 cm³/mol. The number of nitrogens with zero attached hydrogens (tertiary/aromatic N) is 4. The lowest BCUT2D eigenvalue weighted by Crippen LogP contribution is -2.25. The molecule has 1 aromatic rings. The van der Waals surface area contributed by atoms with Gasteiger partial charge in [-0.05, 0) is 26.2 Å². The number of esters is 1. The van der Waals surface area contributed by atoms with Crippen molar-refractivity contribution in [3.8, 4) is 12.3 Å². The van der Waals surface area contributed by atoms with E-state index in [2.05, 4.69) is 16.2 Å². The minimum atomic E-state index is -0.152. The Labute approximate surface area is 137 Å². The van der Waals surface area contributed by atoms with Gasteiger partial charge in [0.25, 0.3) is 0 Å². The number of aromatic nitrogens is 3. The molecule has 0 atom stereocenters. The van der Waals surface area contributed by atoms with Crippen molar-refractivity contribution in [3.63, 3.8) is 0 Å². The van der Waals surface area contributed by atoms with Gasteiger partial charge in [0.15, 0.2) is 0 Å². The van der Waals surface area contributed by atoms with Gasteiger partial charge >= 0.3 is 5.97 Å². The van der Waals surface area contributed by atoms with E-state index in [9.17, 15) is 4.79 Å². The summed E-state index contributed by atoms with van der Waals surface area (Å²) in [7, 11) is 0. The van der Waals surface area contributed by atoms with Crippen LogP contribution in [0.15, 0.2) is 6.20 Å². The van der Waals surface area contributed by atoms with Gasteiger partial charge in [0, 0.05) is 38.9 Å². The number of aliphatic hydroxyl groups is 1. The van der Waals surface area contributed by atoms with Gasteiger partial charge in [-0.25, -0.2) is 0 Å². The molecular formula is C16H26N4O3. The fourth-order valence-corrected chi connectivity index (χ4v) is 2.16. The monoisotopic (exact) mass is 322 g/mol. The highest BCUT2D eigenvalue weighted by Gasteiger charge is 2.08. The molecule has 0 aliphatic rings. The molecule has 23 heavy (non-hydrogen) atoms. The number of ether oxygens (including phenoxy) is 1. The van der Waals surface area contributed by atoms with Gasteiger partial charge < -0.3 is 9.84 Å². The summed E-state index contributed by atoms with van der Waals surface area (Å²) in [5, 5.41) is 17.1. The fraction of sp³-hybridized carbons (Fsp3) is 0.688. The smallest absolute Gasteiger partial charge is 0.305 e. The van der Waals surface area contributed by atoms with Crippen LogP contribution in [0.3, 0.4) is 0 Å². The Kier molecular flexibility index (Phi) is 9.68. The Hall–Kier alpha value is -1.91. The van der Waals surface area contributed by atoms with Crippen LogP contribution in [0, 0.1) is 12.3 Å². The lowest BCUT2D eigenvalue weighted by molar-refractivity contribution is -0.143. The van der Waals surface area contributed by atoms with Crippen molar-refractivity contribution in [1.82, 2.24) is 19.9 Å². The second kappa shape index (κ2) is 11.6. The highest BCUT2D eigenvalue weighted by Crippen LogP contribution is 2.04. The average Bonchev–Trinajstić information content (AvgIpc) is 2.97. The number of carbonyl (C=O) groups is 1. The molecule has 0 saturated heterocycles. The number of rotatable bonds is 12. The van der Waals surface area contributed by atoms with Crippen molar-refractivity contribution in [1.29, 1.82) is 0 Å². The standard InChI is InChI=1S/C16H26N4O3/c1-3-9-19(10-7-12-21)13-15-14-20(18-17-15)11-6-5-8-16(22)23-4-2/h1,14,21H,4-13H2,2H3. The highest BCUT2D eigenvalue weighted by atomic mass is 16.5. The van der Waals surface area contributed by atoms with Crippen LogP contribution < -0.4 is 0 Å². The van der Waals surface area contributed by atoms with Crippen molar-refractivity contribution >= 4 is 5.97 Å². The Morgan fingerprint density at radius 2 is 2.30 bits per heavy atom. The quantitative estimate of drug-likeness (QED) is 0.349. The maximum absolute atomic E-state index is 11.2. The van der Waals surface area contributed by atoms with E-state index < -0.39 is 0 Å². The van der Waals surface area contributed by atoms with E-state index in [0.717, 1.165) is 31.6 Å². The Bertz CT molecular complexity index is 496. The van der Waals surface area contributed by atoms with Crippen molar-refractivity contribution in [2.24, 2.45) is 0 Å². The number of aliphatic hydroxyl groups excluding tert-OH is 1. The van der Waals surface area contributed by atoms with E-state index in [1.54, 1.807) is 11.6 Å². The molecular weight excluding hydrogens is 296 g/mol. The molecule has 1 N–H and O–H groups in total. The zero-order chi connectivity index (χ0) is 16.9. The van der Waals surface area contributed by atoms with Crippen molar-refractivity contribution in [2.45, 2.75) is 45.7 Å². The molecule has 1 heterocycles. The van der Waals surface area contributed by atoms with Crippen LogP contribution in [0.2, 0.25) is 0 Å². The van der Waals surface area contributed by atoms with E-state index in [0.29, 0.717) is 32.5 Å². The van der Waals surface area contributed by atoms with Crippen LogP contribution in [0.5, 0.6) is 0 Å². The average molecular weight is 322 g/mol. The van der Waals surface area contributed by atoms with E-state index >= 15 is 0 Å². The van der Waals surface area contributed by atoms with Gasteiger partial charge in [0.05, 0.1) is 18.8 Å². The Morgan fingerprint density at radius 3 is 3.00 bits per heavy atom. The third-order valence-electron chi connectivity index (χ3n) is 3.24. The van der Waals surface area contributed by atoms with E-state index in [-0.39, 0.29) is 12.6 Å². The fourth-order valence-electron chi connectivity index (χ4n) is 2.16. The molecule has 7 heteroatoms. The van der Waals surface area contributed by atoms with Crippen molar-refractivity contribution in [3.05, 3.63) is 11.9 Å². The summed E-state index contributed by atoms with van der Waals surface area (Å²) in [5.41, 5.74) is 0.851. The molecule has 1 aromatic heterocycles. The summed E-state index contributed by atoms with van der Waals surface area (Å²) in [4.78, 5) is 13.3. The normalized spacial score (nSPS) is 10.7. The summed E-state index contributed by atoms with van der Waals surface area (Å²) in [5.74, 6) is 2.46. The third-order valence-corrected chi connectivity index (χ3v) is 3.24. The second-order valence-corrected chi connectivity index (χ2v) is 5.23. The summed E-state index contributed by atoms with van der Waals surface area (Å²) in [6.07, 6.45) is 9.99. The molecule has 0 saturated carbocycles. The number of carbonyl (C=O) groups excluding carboxylic acids is 1. The van der Waals surface area contributed by atoms with Crippen molar-refractivity contribution in [2.75, 3.05) is 26.3 Å². The molecule has 7 nitrogen and oxygen atoms in total.